The van der Waals surface area contributed by atoms with Crippen molar-refractivity contribution < 1.29 is 18.1 Å². The van der Waals surface area contributed by atoms with Crippen molar-refractivity contribution in [2.45, 2.75) is 23.9 Å². The van der Waals surface area contributed by atoms with E-state index in [0.717, 1.165) is 11.1 Å². The lowest BCUT2D eigenvalue weighted by Crippen LogP contribution is -3.07. The number of fused-ring (bicyclic) bond motifs is 1. The summed E-state index contributed by atoms with van der Waals surface area (Å²) in [4.78, 5) is 14.2. The van der Waals surface area contributed by atoms with Crippen molar-refractivity contribution in [3.8, 4) is 0 Å². The minimum atomic E-state index is -3.70. The van der Waals surface area contributed by atoms with Gasteiger partial charge in [0.25, 0.3) is 5.91 Å². The van der Waals surface area contributed by atoms with Crippen LogP contribution in [0.1, 0.15) is 33.1 Å². The van der Waals surface area contributed by atoms with Crippen molar-refractivity contribution >= 4 is 15.9 Å². The quantitative estimate of drug-likeness (QED) is 0.562. The lowest BCUT2D eigenvalue weighted by Gasteiger charge is -2.28. The van der Waals surface area contributed by atoms with Crippen molar-refractivity contribution in [3.05, 3.63) is 101 Å². The van der Waals surface area contributed by atoms with E-state index in [0.29, 0.717) is 31.6 Å². The lowest BCUT2D eigenvalue weighted by molar-refractivity contribution is -0.890. The van der Waals surface area contributed by atoms with Gasteiger partial charge in [0.15, 0.2) is 0 Å². The van der Waals surface area contributed by atoms with Gasteiger partial charge >= 0.3 is 0 Å². The first-order valence-corrected chi connectivity index (χ1v) is 12.6. The van der Waals surface area contributed by atoms with Crippen LogP contribution in [0.15, 0.2) is 83.8 Å². The summed E-state index contributed by atoms with van der Waals surface area (Å²) in [5.41, 5.74) is 3.70. The SMILES string of the molecule is C[NH+](C)[C@H](CNC(=O)c1cccc(S(=O)(=O)N2CCc3ccccc3C2)c1)c1ccccc1. The summed E-state index contributed by atoms with van der Waals surface area (Å²) in [6.45, 7) is 1.23. The number of nitrogens with zero attached hydrogens (tertiary/aromatic N) is 1. The molecule has 0 unspecified atom stereocenters. The van der Waals surface area contributed by atoms with Gasteiger partial charge in [0.05, 0.1) is 25.5 Å². The monoisotopic (exact) mass is 464 g/mol. The highest BCUT2D eigenvalue weighted by atomic mass is 32.2. The molecule has 0 bridgehead atoms. The molecule has 1 heterocycles. The lowest BCUT2D eigenvalue weighted by atomic mass is 10.0. The summed E-state index contributed by atoms with van der Waals surface area (Å²) in [7, 11) is 0.400. The Bertz CT molecular complexity index is 1230. The third-order valence-electron chi connectivity index (χ3n) is 6.20. The largest absolute Gasteiger partial charge is 0.346 e. The summed E-state index contributed by atoms with van der Waals surface area (Å²) < 4.78 is 28.1. The number of nitrogens with one attached hydrogen (secondary N) is 2. The summed E-state index contributed by atoms with van der Waals surface area (Å²) in [5.74, 6) is -0.279. The maximum Gasteiger partial charge on any atom is 0.251 e. The second-order valence-corrected chi connectivity index (χ2v) is 10.6. The number of rotatable bonds is 7. The molecule has 2 N–H and O–H groups in total. The molecule has 1 atom stereocenters. The van der Waals surface area contributed by atoms with Crippen LogP contribution in [0.3, 0.4) is 0 Å². The van der Waals surface area contributed by atoms with E-state index in [1.54, 1.807) is 18.2 Å². The van der Waals surface area contributed by atoms with Crippen molar-refractivity contribution in [2.75, 3.05) is 27.2 Å². The Morgan fingerprint density at radius 2 is 1.67 bits per heavy atom. The van der Waals surface area contributed by atoms with E-state index in [4.69, 9.17) is 0 Å². The van der Waals surface area contributed by atoms with Crippen LogP contribution in [0.2, 0.25) is 0 Å². The topological polar surface area (TPSA) is 70.9 Å². The number of quaternary nitrogens is 1. The predicted octanol–water partition coefficient (Wildman–Crippen LogP) is 2.05. The molecular weight excluding hydrogens is 434 g/mol. The highest BCUT2D eigenvalue weighted by Crippen LogP contribution is 2.25. The van der Waals surface area contributed by atoms with Gasteiger partial charge in [-0.2, -0.15) is 4.31 Å². The molecule has 0 spiro atoms. The summed E-state index contributed by atoms with van der Waals surface area (Å²) in [6.07, 6.45) is 0.684. The van der Waals surface area contributed by atoms with Crippen LogP contribution in [0.4, 0.5) is 0 Å². The minimum absolute atomic E-state index is 0.0930. The number of hydrogen-bond donors (Lipinski definition) is 2. The van der Waals surface area contributed by atoms with E-state index in [2.05, 4.69) is 5.32 Å². The molecule has 33 heavy (non-hydrogen) atoms. The van der Waals surface area contributed by atoms with Crippen LogP contribution in [0, 0.1) is 0 Å². The minimum Gasteiger partial charge on any atom is -0.346 e. The van der Waals surface area contributed by atoms with Crippen LogP contribution in [-0.2, 0) is 23.0 Å². The molecule has 0 aliphatic carbocycles. The fourth-order valence-corrected chi connectivity index (χ4v) is 5.72. The van der Waals surface area contributed by atoms with Gasteiger partial charge in [-0.15, -0.1) is 0 Å². The zero-order chi connectivity index (χ0) is 23.4. The molecule has 0 saturated heterocycles. The van der Waals surface area contributed by atoms with Gasteiger partial charge in [-0.05, 0) is 35.7 Å². The van der Waals surface area contributed by atoms with E-state index in [1.165, 1.54) is 20.8 Å². The molecular formula is C26H30N3O3S+. The average Bonchev–Trinajstić information content (AvgIpc) is 2.84. The molecule has 1 amide bonds. The summed E-state index contributed by atoms with van der Waals surface area (Å²) in [5, 5.41) is 2.98. The molecule has 3 aromatic rings. The first-order chi connectivity index (χ1) is 15.9. The molecule has 3 aromatic carbocycles. The normalized spacial score (nSPS) is 15.1. The Balaban J connectivity index is 1.48. The Morgan fingerprint density at radius 1 is 0.970 bits per heavy atom. The fourth-order valence-electron chi connectivity index (χ4n) is 4.26. The van der Waals surface area contributed by atoms with Crippen LogP contribution in [0.5, 0.6) is 0 Å². The molecule has 6 nitrogen and oxygen atoms in total. The first-order valence-electron chi connectivity index (χ1n) is 11.2. The van der Waals surface area contributed by atoms with Gasteiger partial charge in [-0.25, -0.2) is 8.42 Å². The average molecular weight is 465 g/mol. The number of amides is 1. The highest BCUT2D eigenvalue weighted by molar-refractivity contribution is 7.89. The second kappa shape index (κ2) is 9.87. The van der Waals surface area contributed by atoms with Gasteiger partial charge in [0.1, 0.15) is 6.04 Å². The van der Waals surface area contributed by atoms with Gasteiger partial charge in [-0.1, -0.05) is 60.7 Å². The van der Waals surface area contributed by atoms with Gasteiger partial charge < -0.3 is 10.2 Å². The zero-order valence-electron chi connectivity index (χ0n) is 19.0. The molecule has 172 valence electrons. The van der Waals surface area contributed by atoms with E-state index in [-0.39, 0.29) is 16.8 Å². The van der Waals surface area contributed by atoms with Crippen LogP contribution < -0.4 is 10.2 Å². The summed E-state index contributed by atoms with van der Waals surface area (Å²) >= 11 is 0. The smallest absolute Gasteiger partial charge is 0.251 e. The summed E-state index contributed by atoms with van der Waals surface area (Å²) in [6, 6.07) is 24.4. The third kappa shape index (κ3) is 5.16. The maximum absolute atomic E-state index is 13.3. The van der Waals surface area contributed by atoms with Crippen LogP contribution in [0.25, 0.3) is 0 Å². The van der Waals surface area contributed by atoms with E-state index < -0.39 is 10.0 Å². The number of hydrogen-bond acceptors (Lipinski definition) is 3. The number of benzene rings is 3. The number of likely N-dealkylation sites (N-methyl/N-ethyl adjacent to an activating group) is 1. The van der Waals surface area contributed by atoms with E-state index >= 15 is 0 Å². The molecule has 0 fully saturated rings. The van der Waals surface area contributed by atoms with E-state index in [1.807, 2.05) is 68.7 Å². The van der Waals surface area contributed by atoms with Crippen molar-refractivity contribution in [3.63, 3.8) is 0 Å². The predicted molar refractivity (Wildman–Crippen MR) is 129 cm³/mol. The molecule has 1 aliphatic heterocycles. The third-order valence-corrected chi connectivity index (χ3v) is 8.04. The maximum atomic E-state index is 13.3. The van der Waals surface area contributed by atoms with Crippen molar-refractivity contribution in [1.29, 1.82) is 0 Å². The molecule has 0 aromatic heterocycles. The molecule has 1 aliphatic rings. The van der Waals surface area contributed by atoms with Gasteiger partial charge in [-0.3, -0.25) is 4.79 Å². The Labute approximate surface area is 195 Å². The standard InChI is InChI=1S/C26H29N3O3S/c1-28(2)25(21-10-4-3-5-11-21)18-27-26(30)22-13-8-14-24(17-22)33(31,32)29-16-15-20-9-6-7-12-23(20)19-29/h3-14,17,25H,15-16,18-19H2,1-2H3,(H,27,30)/p+1/t25-/m1/s1. The molecule has 0 saturated carbocycles. The Kier molecular flexibility index (Phi) is 6.93. The fraction of sp³-hybridized carbons (Fsp3) is 0.269. The molecule has 0 radical (unpaired) electrons. The van der Waals surface area contributed by atoms with Crippen LogP contribution >= 0.6 is 0 Å². The van der Waals surface area contributed by atoms with Gasteiger partial charge in [0.2, 0.25) is 10.0 Å². The number of sulfonamides is 1. The second-order valence-electron chi connectivity index (χ2n) is 8.64. The highest BCUT2D eigenvalue weighted by Gasteiger charge is 2.29. The van der Waals surface area contributed by atoms with E-state index in [9.17, 15) is 13.2 Å². The number of carbonyl (C=O) groups excluding carboxylic acids is 1. The molecule has 4 rings (SSSR count). The molecule has 7 heteroatoms. The van der Waals surface area contributed by atoms with Crippen molar-refractivity contribution in [2.24, 2.45) is 0 Å². The first kappa shape index (κ1) is 23.2. The number of carbonyl (C=O) groups is 1. The Morgan fingerprint density at radius 3 is 2.39 bits per heavy atom. The van der Waals surface area contributed by atoms with Crippen LogP contribution in [-0.4, -0.2) is 45.8 Å². The van der Waals surface area contributed by atoms with Crippen molar-refractivity contribution in [1.82, 2.24) is 9.62 Å². The Hall–Kier alpha value is -3.00. The zero-order valence-corrected chi connectivity index (χ0v) is 19.8. The van der Waals surface area contributed by atoms with Gasteiger partial charge in [0, 0.05) is 24.2 Å².